The molecule has 33 heavy (non-hydrogen) atoms. The standard InChI is InChI=1S/C24H17FN2O4S2/c1-11-22(12(2)28)33-24(26-11)27-19(13-4-7-15(32-3)8-5-13)18-20(29)16-10-14(25)6-9-17(16)31-21(18)23(27)30/h4-10,19H,1-3H3. The van der Waals surface area contributed by atoms with E-state index in [9.17, 15) is 18.8 Å². The van der Waals surface area contributed by atoms with Crippen LogP contribution in [0.4, 0.5) is 9.52 Å². The van der Waals surface area contributed by atoms with E-state index in [1.165, 1.54) is 24.0 Å². The minimum absolute atomic E-state index is 0.0638. The number of hydrogen-bond acceptors (Lipinski definition) is 7. The Bertz CT molecular complexity index is 1510. The topological polar surface area (TPSA) is 80.5 Å². The van der Waals surface area contributed by atoms with Crippen molar-refractivity contribution in [3.05, 3.63) is 86.0 Å². The van der Waals surface area contributed by atoms with Crippen molar-refractivity contribution in [2.45, 2.75) is 24.8 Å². The maximum Gasteiger partial charge on any atom is 0.297 e. The van der Waals surface area contributed by atoms with Gasteiger partial charge in [-0.1, -0.05) is 23.5 Å². The number of thiazole rings is 1. The normalized spacial score (nSPS) is 15.3. The molecule has 2 aromatic carbocycles. The van der Waals surface area contributed by atoms with Crippen molar-refractivity contribution in [3.63, 3.8) is 0 Å². The van der Waals surface area contributed by atoms with Crippen molar-refractivity contribution in [2.24, 2.45) is 0 Å². The molecule has 2 aromatic heterocycles. The van der Waals surface area contributed by atoms with Gasteiger partial charge in [-0.25, -0.2) is 9.37 Å². The summed E-state index contributed by atoms with van der Waals surface area (Å²) in [5.41, 5.74) is 0.980. The van der Waals surface area contributed by atoms with Gasteiger partial charge in [-0.15, -0.1) is 11.8 Å². The van der Waals surface area contributed by atoms with Crippen LogP contribution < -0.4 is 10.3 Å². The molecule has 0 saturated heterocycles. The number of benzene rings is 2. The molecule has 6 nitrogen and oxygen atoms in total. The minimum Gasteiger partial charge on any atom is -0.450 e. The highest BCUT2D eigenvalue weighted by Gasteiger charge is 2.45. The van der Waals surface area contributed by atoms with Gasteiger partial charge >= 0.3 is 0 Å². The Morgan fingerprint density at radius 3 is 2.55 bits per heavy atom. The lowest BCUT2D eigenvalue weighted by molar-refractivity contribution is 0.0969. The lowest BCUT2D eigenvalue weighted by atomic mass is 9.99. The van der Waals surface area contributed by atoms with E-state index in [2.05, 4.69) is 4.98 Å². The fourth-order valence-corrected chi connectivity index (χ4v) is 5.45. The van der Waals surface area contributed by atoms with E-state index >= 15 is 0 Å². The summed E-state index contributed by atoms with van der Waals surface area (Å²) in [6.45, 7) is 3.14. The van der Waals surface area contributed by atoms with E-state index in [0.29, 0.717) is 21.3 Å². The van der Waals surface area contributed by atoms with Crippen molar-refractivity contribution < 1.29 is 18.4 Å². The van der Waals surface area contributed by atoms with Gasteiger partial charge in [0.1, 0.15) is 11.4 Å². The van der Waals surface area contributed by atoms with E-state index < -0.39 is 23.2 Å². The molecular formula is C24H17FN2O4S2. The summed E-state index contributed by atoms with van der Waals surface area (Å²) in [6, 6.07) is 10.3. The van der Waals surface area contributed by atoms with E-state index in [0.717, 1.165) is 22.3 Å². The zero-order chi connectivity index (χ0) is 23.4. The van der Waals surface area contributed by atoms with E-state index in [1.54, 1.807) is 18.7 Å². The molecule has 0 N–H and O–H groups in total. The Hall–Kier alpha value is -3.30. The van der Waals surface area contributed by atoms with Crippen molar-refractivity contribution >= 4 is 50.9 Å². The number of halogens is 1. The smallest absolute Gasteiger partial charge is 0.297 e. The van der Waals surface area contributed by atoms with Crippen LogP contribution in [0.25, 0.3) is 11.0 Å². The summed E-state index contributed by atoms with van der Waals surface area (Å²) in [5.74, 6) is -1.36. The molecule has 1 unspecified atom stereocenters. The monoisotopic (exact) mass is 480 g/mol. The molecular weight excluding hydrogens is 463 g/mol. The average molecular weight is 481 g/mol. The molecule has 0 bridgehead atoms. The molecule has 0 radical (unpaired) electrons. The molecule has 0 spiro atoms. The summed E-state index contributed by atoms with van der Waals surface area (Å²) < 4.78 is 19.7. The first-order chi connectivity index (χ1) is 15.8. The zero-order valence-corrected chi connectivity index (χ0v) is 19.5. The van der Waals surface area contributed by atoms with Gasteiger partial charge in [0.15, 0.2) is 16.3 Å². The van der Waals surface area contributed by atoms with Gasteiger partial charge < -0.3 is 4.42 Å². The third-order valence-electron chi connectivity index (χ3n) is 5.57. The zero-order valence-electron chi connectivity index (χ0n) is 17.8. The van der Waals surface area contributed by atoms with Crippen LogP contribution in [-0.4, -0.2) is 22.9 Å². The van der Waals surface area contributed by atoms with Gasteiger partial charge in [0.05, 0.1) is 27.6 Å². The number of carbonyl (C=O) groups excluding carboxylic acids is 2. The number of amides is 1. The number of rotatable bonds is 4. The number of thioether (sulfide) groups is 1. The van der Waals surface area contributed by atoms with E-state index in [-0.39, 0.29) is 28.1 Å². The molecule has 0 aliphatic carbocycles. The fourth-order valence-electron chi connectivity index (χ4n) is 4.06. The molecule has 0 fully saturated rings. The summed E-state index contributed by atoms with van der Waals surface area (Å²) in [5, 5.41) is 0.358. The molecule has 4 aromatic rings. The number of nitrogens with zero attached hydrogens (tertiary/aromatic N) is 2. The van der Waals surface area contributed by atoms with Crippen molar-refractivity contribution in [1.82, 2.24) is 4.98 Å². The van der Waals surface area contributed by atoms with Crippen molar-refractivity contribution in [2.75, 3.05) is 11.2 Å². The van der Waals surface area contributed by atoms with Gasteiger partial charge in [-0.3, -0.25) is 19.3 Å². The van der Waals surface area contributed by atoms with Crippen LogP contribution in [0.2, 0.25) is 0 Å². The Morgan fingerprint density at radius 1 is 1.18 bits per heavy atom. The third kappa shape index (κ3) is 3.39. The molecule has 5 rings (SSSR count). The quantitative estimate of drug-likeness (QED) is 0.289. The van der Waals surface area contributed by atoms with Gasteiger partial charge in [-0.05, 0) is 49.1 Å². The molecule has 3 heterocycles. The van der Waals surface area contributed by atoms with Crippen LogP contribution in [0.5, 0.6) is 0 Å². The number of Topliss-reactive ketones (excluding diaryl/α,β-unsaturated/α-hetero) is 1. The van der Waals surface area contributed by atoms with E-state index in [4.69, 9.17) is 4.42 Å². The van der Waals surface area contributed by atoms with Gasteiger partial charge in [0.2, 0.25) is 5.76 Å². The molecule has 9 heteroatoms. The summed E-state index contributed by atoms with van der Waals surface area (Å²) in [6.07, 6.45) is 1.95. The molecule has 1 amide bonds. The fraction of sp³-hybridized carbons (Fsp3) is 0.167. The molecule has 166 valence electrons. The first-order valence-electron chi connectivity index (χ1n) is 10.0. The van der Waals surface area contributed by atoms with Gasteiger partial charge in [0, 0.05) is 11.8 Å². The predicted molar refractivity (Wildman–Crippen MR) is 126 cm³/mol. The largest absolute Gasteiger partial charge is 0.450 e. The third-order valence-corrected chi connectivity index (χ3v) is 7.58. The number of fused-ring (bicyclic) bond motifs is 2. The maximum absolute atomic E-state index is 13.9. The van der Waals surface area contributed by atoms with Crippen LogP contribution >= 0.6 is 23.1 Å². The summed E-state index contributed by atoms with van der Waals surface area (Å²) >= 11 is 2.66. The highest BCUT2D eigenvalue weighted by atomic mass is 32.2. The number of ketones is 1. The van der Waals surface area contributed by atoms with Crippen molar-refractivity contribution in [1.29, 1.82) is 0 Å². The first-order valence-corrected chi connectivity index (χ1v) is 12.1. The molecule has 1 aliphatic heterocycles. The second-order valence-electron chi connectivity index (χ2n) is 7.63. The van der Waals surface area contributed by atoms with Crippen LogP contribution in [-0.2, 0) is 0 Å². The number of anilines is 1. The second-order valence-corrected chi connectivity index (χ2v) is 9.49. The maximum atomic E-state index is 13.9. The van der Waals surface area contributed by atoms with Gasteiger partial charge in [0.25, 0.3) is 5.91 Å². The number of aromatic nitrogens is 1. The number of aryl methyl sites for hydroxylation is 1. The Balaban J connectivity index is 1.79. The molecule has 1 aliphatic rings. The predicted octanol–water partition coefficient (Wildman–Crippen LogP) is 5.37. The lowest BCUT2D eigenvalue weighted by Crippen LogP contribution is -2.29. The minimum atomic E-state index is -0.822. The summed E-state index contributed by atoms with van der Waals surface area (Å²) in [4.78, 5) is 46.4. The lowest BCUT2D eigenvalue weighted by Gasteiger charge is -2.22. The average Bonchev–Trinajstić information content (AvgIpc) is 3.32. The van der Waals surface area contributed by atoms with Gasteiger partial charge in [-0.2, -0.15) is 0 Å². The molecule has 0 saturated carbocycles. The Morgan fingerprint density at radius 2 is 1.91 bits per heavy atom. The van der Waals surface area contributed by atoms with Crippen LogP contribution in [0.1, 0.15) is 50.0 Å². The first kappa shape index (κ1) is 21.5. The van der Waals surface area contributed by atoms with Crippen LogP contribution in [0.15, 0.2) is 56.6 Å². The number of hydrogen-bond donors (Lipinski definition) is 0. The highest BCUT2D eigenvalue weighted by Crippen LogP contribution is 2.43. The summed E-state index contributed by atoms with van der Waals surface area (Å²) in [7, 11) is 0. The van der Waals surface area contributed by atoms with Crippen LogP contribution in [0, 0.1) is 12.7 Å². The molecule has 1 atom stereocenters. The second kappa shape index (κ2) is 7.93. The SMILES string of the molecule is CSc1ccc(C2c3c(oc4ccc(F)cc4c3=O)C(=O)N2c2nc(C)c(C(C)=O)s2)cc1. The van der Waals surface area contributed by atoms with Crippen LogP contribution in [0.3, 0.4) is 0 Å². The van der Waals surface area contributed by atoms with E-state index in [1.807, 2.05) is 30.5 Å². The Labute approximate surface area is 196 Å². The van der Waals surface area contributed by atoms with Crippen molar-refractivity contribution in [3.8, 4) is 0 Å². The highest BCUT2D eigenvalue weighted by molar-refractivity contribution is 7.98. The number of carbonyl (C=O) groups is 2. The Kier molecular flexibility index (Phi) is 5.18.